The fourth-order valence-electron chi connectivity index (χ4n) is 3.28. The van der Waals surface area contributed by atoms with E-state index in [9.17, 15) is 4.79 Å². The summed E-state index contributed by atoms with van der Waals surface area (Å²) in [6, 6.07) is 11.5. The van der Waals surface area contributed by atoms with Gasteiger partial charge in [-0.15, -0.1) is 0 Å². The van der Waals surface area contributed by atoms with Crippen LogP contribution in [0.25, 0.3) is 0 Å². The van der Waals surface area contributed by atoms with Gasteiger partial charge in [0.1, 0.15) is 13.2 Å². The fraction of sp³-hybridized carbons (Fsp3) is 0.316. The van der Waals surface area contributed by atoms with Gasteiger partial charge in [-0.1, -0.05) is 12.1 Å². The van der Waals surface area contributed by atoms with Crippen LogP contribution in [-0.4, -0.2) is 19.1 Å². The highest BCUT2D eigenvalue weighted by molar-refractivity contribution is 6.05. The molecule has 118 valence electrons. The molecule has 1 aliphatic carbocycles. The second-order valence-corrected chi connectivity index (χ2v) is 5.96. The molecule has 1 amide bonds. The maximum atomic E-state index is 12.6. The quantitative estimate of drug-likeness (QED) is 0.922. The molecule has 0 aromatic heterocycles. The largest absolute Gasteiger partial charge is 0.486 e. The normalized spacial score (nSPS) is 15.7. The highest BCUT2D eigenvalue weighted by Gasteiger charge is 2.17. The third-order valence-electron chi connectivity index (χ3n) is 4.45. The van der Waals surface area contributed by atoms with Crippen LogP contribution in [0.3, 0.4) is 0 Å². The van der Waals surface area contributed by atoms with Gasteiger partial charge in [-0.05, 0) is 61.1 Å². The number of rotatable bonds is 2. The Kier molecular flexibility index (Phi) is 3.66. The predicted molar refractivity (Wildman–Crippen MR) is 88.5 cm³/mol. The Morgan fingerprint density at radius 3 is 2.70 bits per heavy atom. The molecule has 0 radical (unpaired) electrons. The van der Waals surface area contributed by atoms with Gasteiger partial charge >= 0.3 is 0 Å². The van der Waals surface area contributed by atoms with Crippen molar-refractivity contribution in [1.82, 2.24) is 0 Å². The number of aryl methyl sites for hydroxylation is 1. The maximum absolute atomic E-state index is 12.6. The lowest BCUT2D eigenvalue weighted by Crippen LogP contribution is -2.18. The summed E-state index contributed by atoms with van der Waals surface area (Å²) < 4.78 is 11.0. The van der Waals surface area contributed by atoms with Crippen molar-refractivity contribution in [2.75, 3.05) is 18.5 Å². The van der Waals surface area contributed by atoms with Crippen molar-refractivity contribution in [3.8, 4) is 11.5 Å². The summed E-state index contributed by atoms with van der Waals surface area (Å²) in [5.41, 5.74) is 4.16. The molecule has 1 heterocycles. The Morgan fingerprint density at radius 1 is 0.957 bits per heavy atom. The van der Waals surface area contributed by atoms with Gasteiger partial charge in [0.25, 0.3) is 5.91 Å². The topological polar surface area (TPSA) is 47.6 Å². The summed E-state index contributed by atoms with van der Waals surface area (Å²) in [4.78, 5) is 12.6. The highest BCUT2D eigenvalue weighted by atomic mass is 16.6. The number of fused-ring (bicyclic) bond motifs is 2. The lowest BCUT2D eigenvalue weighted by Gasteiger charge is -2.20. The number of nitrogens with one attached hydrogen (secondary N) is 1. The minimum absolute atomic E-state index is 0.110. The van der Waals surface area contributed by atoms with Gasteiger partial charge in [0, 0.05) is 11.3 Å². The Balaban J connectivity index is 1.59. The molecule has 4 heteroatoms. The maximum Gasteiger partial charge on any atom is 0.255 e. The first-order valence-corrected chi connectivity index (χ1v) is 8.13. The Bertz CT molecular complexity index is 754. The van der Waals surface area contributed by atoms with E-state index < -0.39 is 0 Å². The number of benzene rings is 2. The van der Waals surface area contributed by atoms with Crippen LogP contribution in [0.2, 0.25) is 0 Å². The van der Waals surface area contributed by atoms with Crippen LogP contribution in [0.15, 0.2) is 36.4 Å². The van der Waals surface area contributed by atoms with Crippen molar-refractivity contribution >= 4 is 11.6 Å². The standard InChI is InChI=1S/C19H19NO3/c21-19(14-8-9-17-18(12-14)23-11-10-22-17)20-16-7-3-5-13-4-1-2-6-15(13)16/h3,5,7-9,12H,1-2,4,6,10-11H2,(H,20,21). The molecule has 0 bridgehead atoms. The Morgan fingerprint density at radius 2 is 1.78 bits per heavy atom. The summed E-state index contributed by atoms with van der Waals surface area (Å²) in [6.07, 6.45) is 4.55. The van der Waals surface area contributed by atoms with Crippen molar-refractivity contribution in [3.05, 3.63) is 53.1 Å². The van der Waals surface area contributed by atoms with Gasteiger partial charge in [0.2, 0.25) is 0 Å². The van der Waals surface area contributed by atoms with Gasteiger partial charge in [0.05, 0.1) is 0 Å². The van der Waals surface area contributed by atoms with Crippen LogP contribution < -0.4 is 14.8 Å². The molecule has 1 aliphatic heterocycles. The van der Waals surface area contributed by atoms with Gasteiger partial charge in [-0.2, -0.15) is 0 Å². The zero-order valence-corrected chi connectivity index (χ0v) is 12.9. The van der Waals surface area contributed by atoms with E-state index in [1.165, 1.54) is 24.0 Å². The van der Waals surface area contributed by atoms with E-state index in [1.54, 1.807) is 18.2 Å². The van der Waals surface area contributed by atoms with E-state index in [0.29, 0.717) is 30.3 Å². The van der Waals surface area contributed by atoms with E-state index in [-0.39, 0.29) is 5.91 Å². The summed E-state index contributed by atoms with van der Waals surface area (Å²) >= 11 is 0. The molecule has 0 saturated carbocycles. The van der Waals surface area contributed by atoms with Crippen LogP contribution >= 0.6 is 0 Å². The smallest absolute Gasteiger partial charge is 0.255 e. The first-order valence-electron chi connectivity index (χ1n) is 8.13. The van der Waals surface area contributed by atoms with Gasteiger partial charge < -0.3 is 14.8 Å². The number of amides is 1. The second kappa shape index (κ2) is 5.95. The first-order chi connectivity index (χ1) is 11.3. The molecule has 2 aromatic carbocycles. The first kappa shape index (κ1) is 14.1. The van der Waals surface area contributed by atoms with Gasteiger partial charge in [0.15, 0.2) is 11.5 Å². The van der Waals surface area contributed by atoms with Crippen molar-refractivity contribution < 1.29 is 14.3 Å². The zero-order chi connectivity index (χ0) is 15.6. The fourth-order valence-corrected chi connectivity index (χ4v) is 3.28. The van der Waals surface area contributed by atoms with Gasteiger partial charge in [-0.3, -0.25) is 4.79 Å². The minimum Gasteiger partial charge on any atom is -0.486 e. The number of carbonyl (C=O) groups is 1. The molecular formula is C19H19NO3. The molecule has 4 rings (SSSR count). The van der Waals surface area contributed by atoms with Crippen LogP contribution in [0.5, 0.6) is 11.5 Å². The summed E-state index contributed by atoms with van der Waals surface area (Å²) in [7, 11) is 0. The van der Waals surface area contributed by atoms with Crippen molar-refractivity contribution in [2.24, 2.45) is 0 Å². The van der Waals surface area contributed by atoms with Crippen molar-refractivity contribution in [3.63, 3.8) is 0 Å². The van der Waals surface area contributed by atoms with Crippen molar-refractivity contribution in [2.45, 2.75) is 25.7 Å². The second-order valence-electron chi connectivity index (χ2n) is 5.96. The molecule has 2 aliphatic rings. The summed E-state index contributed by atoms with van der Waals surface area (Å²) in [5.74, 6) is 1.23. The van der Waals surface area contributed by atoms with Crippen LogP contribution in [0.1, 0.15) is 34.3 Å². The van der Waals surface area contributed by atoms with Crippen molar-refractivity contribution in [1.29, 1.82) is 0 Å². The Labute approximate surface area is 135 Å². The van der Waals surface area contributed by atoms with E-state index in [0.717, 1.165) is 18.5 Å². The molecule has 0 spiro atoms. The molecule has 0 unspecified atom stereocenters. The van der Waals surface area contributed by atoms with Crippen LogP contribution in [-0.2, 0) is 12.8 Å². The number of hydrogen-bond acceptors (Lipinski definition) is 3. The molecule has 2 aromatic rings. The average Bonchev–Trinajstić information content (AvgIpc) is 2.61. The SMILES string of the molecule is O=C(Nc1cccc2c1CCCC2)c1ccc2c(c1)OCCO2. The molecule has 0 atom stereocenters. The third kappa shape index (κ3) is 2.77. The van der Waals surface area contributed by atoms with E-state index in [4.69, 9.17) is 9.47 Å². The van der Waals surface area contributed by atoms with E-state index in [2.05, 4.69) is 11.4 Å². The lowest BCUT2D eigenvalue weighted by molar-refractivity contribution is 0.102. The summed E-state index contributed by atoms with van der Waals surface area (Å²) in [6.45, 7) is 1.07. The molecule has 1 N–H and O–H groups in total. The number of anilines is 1. The predicted octanol–water partition coefficient (Wildman–Crippen LogP) is 3.59. The molecule has 23 heavy (non-hydrogen) atoms. The third-order valence-corrected chi connectivity index (χ3v) is 4.45. The number of hydrogen-bond donors (Lipinski definition) is 1. The molecular weight excluding hydrogens is 290 g/mol. The van der Waals surface area contributed by atoms with Crippen LogP contribution in [0.4, 0.5) is 5.69 Å². The number of ether oxygens (including phenoxy) is 2. The average molecular weight is 309 g/mol. The Hall–Kier alpha value is -2.49. The monoisotopic (exact) mass is 309 g/mol. The lowest BCUT2D eigenvalue weighted by atomic mass is 9.90. The highest BCUT2D eigenvalue weighted by Crippen LogP contribution is 2.32. The van der Waals surface area contributed by atoms with E-state index >= 15 is 0 Å². The molecule has 0 fully saturated rings. The minimum atomic E-state index is -0.110. The molecule has 4 nitrogen and oxygen atoms in total. The van der Waals surface area contributed by atoms with E-state index in [1.807, 2.05) is 12.1 Å². The van der Waals surface area contributed by atoms with Gasteiger partial charge in [-0.25, -0.2) is 0 Å². The number of carbonyl (C=O) groups excluding carboxylic acids is 1. The zero-order valence-electron chi connectivity index (χ0n) is 12.9. The summed E-state index contributed by atoms with van der Waals surface area (Å²) in [5, 5.41) is 3.06. The van der Waals surface area contributed by atoms with Crippen LogP contribution in [0, 0.1) is 0 Å². The molecule has 0 saturated heterocycles.